The topological polar surface area (TPSA) is 80.0 Å². The van der Waals surface area contributed by atoms with Crippen molar-refractivity contribution in [2.24, 2.45) is 0 Å². The van der Waals surface area contributed by atoms with Crippen molar-refractivity contribution in [1.29, 1.82) is 0 Å². The molecule has 2 aromatic rings. The highest BCUT2D eigenvalue weighted by molar-refractivity contribution is 6.15. The Morgan fingerprint density at radius 3 is 2.81 bits per heavy atom. The maximum atomic E-state index is 13.8. The molecule has 6 nitrogen and oxygen atoms in total. The van der Waals surface area contributed by atoms with Crippen LogP contribution in [0.3, 0.4) is 0 Å². The van der Waals surface area contributed by atoms with Gasteiger partial charge in [0.1, 0.15) is 5.82 Å². The minimum absolute atomic E-state index is 0.00437. The Morgan fingerprint density at radius 2 is 2.15 bits per heavy atom. The van der Waals surface area contributed by atoms with Gasteiger partial charge in [-0.1, -0.05) is 12.1 Å². The van der Waals surface area contributed by atoms with Crippen LogP contribution in [0, 0.1) is 5.82 Å². The molecule has 1 fully saturated rings. The molecule has 7 heteroatoms. The fourth-order valence-corrected chi connectivity index (χ4v) is 3.65. The molecular formula is C20H18FNO5. The van der Waals surface area contributed by atoms with Crippen LogP contribution < -0.4 is 0 Å². The highest BCUT2D eigenvalue weighted by atomic mass is 19.1. The van der Waals surface area contributed by atoms with E-state index in [4.69, 9.17) is 9.15 Å². The van der Waals surface area contributed by atoms with E-state index in [-0.39, 0.29) is 24.0 Å². The highest BCUT2D eigenvalue weighted by Gasteiger charge is 2.45. The third-order valence-electron chi connectivity index (χ3n) is 4.88. The van der Waals surface area contributed by atoms with Crippen molar-refractivity contribution in [3.8, 4) is 0 Å². The second-order valence-electron chi connectivity index (χ2n) is 6.62. The Bertz CT molecular complexity index is 899. The van der Waals surface area contributed by atoms with Crippen LogP contribution in [-0.2, 0) is 9.53 Å². The molecule has 1 aromatic heterocycles. The average Bonchev–Trinajstić information content (AvgIpc) is 3.40. The minimum atomic E-state index is -0.907. The Morgan fingerprint density at radius 1 is 1.30 bits per heavy atom. The zero-order chi connectivity index (χ0) is 19.0. The molecule has 0 spiro atoms. The predicted molar refractivity (Wildman–Crippen MR) is 92.5 cm³/mol. The number of carbonyl (C=O) groups excluding carboxylic acids is 2. The van der Waals surface area contributed by atoms with Gasteiger partial charge in [-0.15, -0.1) is 0 Å². The normalized spacial score (nSPS) is 22.7. The lowest BCUT2D eigenvalue weighted by atomic mass is 9.95. The van der Waals surface area contributed by atoms with E-state index in [0.29, 0.717) is 12.2 Å². The van der Waals surface area contributed by atoms with Gasteiger partial charge >= 0.3 is 0 Å². The van der Waals surface area contributed by atoms with Crippen LogP contribution >= 0.6 is 0 Å². The molecule has 0 aliphatic carbocycles. The summed E-state index contributed by atoms with van der Waals surface area (Å²) in [4.78, 5) is 27.0. The van der Waals surface area contributed by atoms with Gasteiger partial charge in [-0.2, -0.15) is 0 Å². The SMILES string of the molecule is O=C(C1=C(O)C(=O)N(C[C@H]2CCCO2)[C@@H]1c1cccc(F)c1)c1ccco1. The molecule has 140 valence electrons. The summed E-state index contributed by atoms with van der Waals surface area (Å²) in [6, 6.07) is 7.76. The summed E-state index contributed by atoms with van der Waals surface area (Å²) in [5.41, 5.74) is 0.291. The maximum Gasteiger partial charge on any atom is 0.290 e. The van der Waals surface area contributed by atoms with E-state index in [1.165, 1.54) is 35.4 Å². The number of hydrogen-bond donors (Lipinski definition) is 1. The molecule has 1 N–H and O–H groups in total. The Kier molecular flexibility index (Phi) is 4.53. The summed E-state index contributed by atoms with van der Waals surface area (Å²) < 4.78 is 24.6. The van der Waals surface area contributed by atoms with Crippen molar-refractivity contribution in [2.75, 3.05) is 13.2 Å². The molecule has 0 bridgehead atoms. The summed E-state index contributed by atoms with van der Waals surface area (Å²) in [6.45, 7) is 0.813. The van der Waals surface area contributed by atoms with Gasteiger partial charge in [0.2, 0.25) is 5.78 Å². The number of aliphatic hydroxyl groups excluding tert-OH is 1. The standard InChI is InChI=1S/C20H18FNO5/c21-13-5-1-4-12(10-13)17-16(18(23)15-7-3-9-27-15)19(24)20(25)22(17)11-14-6-2-8-26-14/h1,3-5,7,9-10,14,17,24H,2,6,8,11H2/t14-,17-/m1/s1. The van der Waals surface area contributed by atoms with E-state index < -0.39 is 29.3 Å². The smallest absolute Gasteiger partial charge is 0.290 e. The fraction of sp³-hybridized carbons (Fsp3) is 0.300. The van der Waals surface area contributed by atoms with E-state index in [1.54, 1.807) is 12.1 Å². The zero-order valence-corrected chi connectivity index (χ0v) is 14.4. The number of rotatable bonds is 5. The predicted octanol–water partition coefficient (Wildman–Crippen LogP) is 3.18. The van der Waals surface area contributed by atoms with Gasteiger partial charge in [0.05, 0.1) is 24.0 Å². The first-order valence-electron chi connectivity index (χ1n) is 8.75. The van der Waals surface area contributed by atoms with Crippen molar-refractivity contribution in [3.05, 3.63) is 71.1 Å². The van der Waals surface area contributed by atoms with Gasteiger partial charge in [0, 0.05) is 13.2 Å². The van der Waals surface area contributed by atoms with Gasteiger partial charge in [0.15, 0.2) is 11.5 Å². The van der Waals surface area contributed by atoms with E-state index in [2.05, 4.69) is 0 Å². The summed E-state index contributed by atoms with van der Waals surface area (Å²) in [6.07, 6.45) is 2.82. The highest BCUT2D eigenvalue weighted by Crippen LogP contribution is 2.39. The Balaban J connectivity index is 1.76. The van der Waals surface area contributed by atoms with Gasteiger partial charge in [0.25, 0.3) is 5.91 Å². The summed E-state index contributed by atoms with van der Waals surface area (Å²) in [5, 5.41) is 10.5. The van der Waals surface area contributed by atoms with E-state index in [1.807, 2.05) is 0 Å². The second-order valence-corrected chi connectivity index (χ2v) is 6.62. The largest absolute Gasteiger partial charge is 0.503 e. The van der Waals surface area contributed by atoms with Crippen LogP contribution in [0.15, 0.2) is 58.4 Å². The van der Waals surface area contributed by atoms with Gasteiger partial charge in [-0.05, 0) is 42.7 Å². The van der Waals surface area contributed by atoms with Gasteiger partial charge < -0.3 is 19.2 Å². The first-order chi connectivity index (χ1) is 13.1. The van der Waals surface area contributed by atoms with Crippen LogP contribution in [0.2, 0.25) is 0 Å². The first kappa shape index (κ1) is 17.5. The monoisotopic (exact) mass is 371 g/mol. The quantitative estimate of drug-likeness (QED) is 0.817. The van der Waals surface area contributed by atoms with Crippen LogP contribution in [0.5, 0.6) is 0 Å². The lowest BCUT2D eigenvalue weighted by Crippen LogP contribution is -2.37. The number of nitrogens with zero attached hydrogens (tertiary/aromatic N) is 1. The molecule has 0 unspecified atom stereocenters. The average molecular weight is 371 g/mol. The number of hydrogen-bond acceptors (Lipinski definition) is 5. The van der Waals surface area contributed by atoms with Crippen molar-refractivity contribution in [3.63, 3.8) is 0 Å². The van der Waals surface area contributed by atoms with E-state index >= 15 is 0 Å². The second kappa shape index (κ2) is 7.00. The number of amides is 1. The zero-order valence-electron chi connectivity index (χ0n) is 14.4. The van der Waals surface area contributed by atoms with Gasteiger partial charge in [-0.3, -0.25) is 9.59 Å². The fourth-order valence-electron chi connectivity index (χ4n) is 3.65. The third-order valence-corrected chi connectivity index (χ3v) is 4.88. The number of Topliss-reactive ketones (excluding diaryl/α,β-unsaturated/α-hetero) is 1. The molecule has 1 amide bonds. The number of benzene rings is 1. The van der Waals surface area contributed by atoms with Crippen LogP contribution in [0.1, 0.15) is 35.0 Å². The van der Waals surface area contributed by atoms with Crippen molar-refractivity contribution in [1.82, 2.24) is 4.90 Å². The molecular weight excluding hydrogens is 353 g/mol. The van der Waals surface area contributed by atoms with Crippen LogP contribution in [0.4, 0.5) is 4.39 Å². The van der Waals surface area contributed by atoms with E-state index in [9.17, 15) is 19.1 Å². The third kappa shape index (κ3) is 3.14. The van der Waals surface area contributed by atoms with Crippen molar-refractivity contribution in [2.45, 2.75) is 25.0 Å². The molecule has 1 aromatic carbocycles. The Hall–Kier alpha value is -2.93. The molecule has 2 aliphatic rings. The summed E-state index contributed by atoms with van der Waals surface area (Å²) in [5.74, 6) is -2.40. The number of ether oxygens (including phenoxy) is 1. The Labute approximate surface area is 154 Å². The maximum absolute atomic E-state index is 13.8. The molecule has 27 heavy (non-hydrogen) atoms. The van der Waals surface area contributed by atoms with Gasteiger partial charge in [-0.25, -0.2) is 4.39 Å². The summed E-state index contributed by atoms with van der Waals surface area (Å²) >= 11 is 0. The molecule has 1 saturated heterocycles. The van der Waals surface area contributed by atoms with Crippen molar-refractivity contribution < 1.29 is 28.2 Å². The van der Waals surface area contributed by atoms with Crippen LogP contribution in [-0.4, -0.2) is 41.0 Å². The summed E-state index contributed by atoms with van der Waals surface area (Å²) in [7, 11) is 0. The van der Waals surface area contributed by atoms with Crippen LogP contribution in [0.25, 0.3) is 0 Å². The number of ketones is 1. The number of furan rings is 1. The lowest BCUT2D eigenvalue weighted by molar-refractivity contribution is -0.131. The first-order valence-corrected chi connectivity index (χ1v) is 8.75. The number of aliphatic hydroxyl groups is 1. The molecule has 0 saturated carbocycles. The molecule has 4 rings (SSSR count). The van der Waals surface area contributed by atoms with Crippen molar-refractivity contribution >= 4 is 11.7 Å². The molecule has 2 atom stereocenters. The van der Waals surface area contributed by atoms with E-state index in [0.717, 1.165) is 12.8 Å². The minimum Gasteiger partial charge on any atom is -0.503 e. The lowest BCUT2D eigenvalue weighted by Gasteiger charge is -2.28. The molecule has 0 radical (unpaired) electrons. The molecule has 2 aliphatic heterocycles. The number of carbonyl (C=O) groups is 2. The molecule has 3 heterocycles. The number of halogens is 1.